The summed E-state index contributed by atoms with van der Waals surface area (Å²) in [5.74, 6) is 0. The Kier molecular flexibility index (Phi) is 2.09. The van der Waals surface area contributed by atoms with E-state index in [1.54, 1.807) is 10.6 Å². The van der Waals surface area contributed by atoms with Crippen LogP contribution in [0, 0.1) is 11.5 Å². The zero-order valence-corrected chi connectivity index (χ0v) is 8.64. The number of nitriles is 1. The van der Waals surface area contributed by atoms with Crippen LogP contribution in [0.15, 0.2) is 29.1 Å². The lowest BCUT2D eigenvalue weighted by Gasteiger charge is -2.05. The van der Waals surface area contributed by atoms with Gasteiger partial charge in [0.15, 0.2) is 6.19 Å². The molecule has 0 radical (unpaired) electrons. The number of hydrogen-bond donors (Lipinski definition) is 0. The molecule has 0 saturated carbocycles. The Morgan fingerprint density at radius 1 is 1.27 bits per heavy atom. The topological polar surface area (TPSA) is 50.7 Å². The number of nitrogens with zero attached hydrogens (tertiary/aromatic N) is 3. The Morgan fingerprint density at radius 3 is 2.40 bits per heavy atom. The summed E-state index contributed by atoms with van der Waals surface area (Å²) in [4.78, 5) is 11.9. The molecule has 0 saturated heterocycles. The quantitative estimate of drug-likeness (QED) is 0.705. The van der Waals surface area contributed by atoms with Crippen molar-refractivity contribution in [3.8, 4) is 6.19 Å². The molecule has 1 heterocycles. The maximum atomic E-state index is 11.9. The Hall–Kier alpha value is -2.02. The lowest BCUT2D eigenvalue weighted by molar-refractivity contribution is 0.591. The summed E-state index contributed by atoms with van der Waals surface area (Å²) in [6, 6.07) is 7.36. The van der Waals surface area contributed by atoms with Crippen LogP contribution in [0.5, 0.6) is 0 Å². The average Bonchev–Trinajstić information content (AvgIpc) is 2.49. The van der Waals surface area contributed by atoms with Crippen LogP contribution in [0.4, 0.5) is 0 Å². The van der Waals surface area contributed by atoms with Crippen molar-refractivity contribution in [3.05, 3.63) is 34.7 Å². The van der Waals surface area contributed by atoms with Gasteiger partial charge >= 0.3 is 5.69 Å². The Labute approximate surface area is 87.0 Å². The van der Waals surface area contributed by atoms with Crippen molar-refractivity contribution in [2.45, 2.75) is 19.9 Å². The van der Waals surface area contributed by atoms with Gasteiger partial charge < -0.3 is 0 Å². The normalized spacial score (nSPS) is 10.8. The molecule has 2 aromatic rings. The fourth-order valence-corrected chi connectivity index (χ4v) is 1.77. The number of imidazole rings is 1. The molecule has 4 nitrogen and oxygen atoms in total. The van der Waals surface area contributed by atoms with Crippen LogP contribution in [0.1, 0.15) is 19.9 Å². The minimum Gasteiger partial charge on any atom is -0.289 e. The highest BCUT2D eigenvalue weighted by atomic mass is 16.1. The van der Waals surface area contributed by atoms with Crippen LogP contribution in [-0.4, -0.2) is 9.13 Å². The summed E-state index contributed by atoms with van der Waals surface area (Å²) in [7, 11) is 0. The van der Waals surface area contributed by atoms with E-state index in [0.29, 0.717) is 5.52 Å². The minimum atomic E-state index is -0.270. The molecule has 0 bridgehead atoms. The first kappa shape index (κ1) is 9.53. The van der Waals surface area contributed by atoms with Crippen LogP contribution < -0.4 is 5.69 Å². The van der Waals surface area contributed by atoms with Gasteiger partial charge in [-0.15, -0.1) is 0 Å². The molecule has 0 unspecified atom stereocenters. The first-order valence-corrected chi connectivity index (χ1v) is 4.79. The summed E-state index contributed by atoms with van der Waals surface area (Å²) in [6.45, 7) is 3.85. The van der Waals surface area contributed by atoms with E-state index in [2.05, 4.69) is 0 Å². The number of rotatable bonds is 1. The van der Waals surface area contributed by atoms with Crippen LogP contribution in [-0.2, 0) is 0 Å². The summed E-state index contributed by atoms with van der Waals surface area (Å²) in [6.07, 6.45) is 1.90. The van der Waals surface area contributed by atoms with Gasteiger partial charge in [0.25, 0.3) is 0 Å². The zero-order chi connectivity index (χ0) is 11.0. The van der Waals surface area contributed by atoms with Crippen LogP contribution in [0.2, 0.25) is 0 Å². The monoisotopic (exact) mass is 201 g/mol. The van der Waals surface area contributed by atoms with Gasteiger partial charge in [-0.2, -0.15) is 9.83 Å². The van der Waals surface area contributed by atoms with Crippen LogP contribution in [0.25, 0.3) is 11.0 Å². The molecule has 0 aliphatic heterocycles. The van der Waals surface area contributed by atoms with Crippen LogP contribution >= 0.6 is 0 Å². The molecule has 76 valence electrons. The number of fused-ring (bicyclic) bond motifs is 1. The summed E-state index contributed by atoms with van der Waals surface area (Å²) < 4.78 is 2.74. The SMILES string of the molecule is CC(C)n1c(=O)n(C#N)c2ccccc21. The molecule has 15 heavy (non-hydrogen) atoms. The number of aromatic nitrogens is 2. The van der Waals surface area contributed by atoms with Crippen molar-refractivity contribution in [2.24, 2.45) is 0 Å². The molecule has 1 aromatic heterocycles. The molecule has 0 amide bonds. The fourth-order valence-electron chi connectivity index (χ4n) is 1.77. The molecule has 0 N–H and O–H groups in total. The lowest BCUT2D eigenvalue weighted by Crippen LogP contribution is -2.23. The highest BCUT2D eigenvalue weighted by Crippen LogP contribution is 2.15. The van der Waals surface area contributed by atoms with Gasteiger partial charge in [-0.3, -0.25) is 4.57 Å². The Balaban J connectivity index is 3.00. The van der Waals surface area contributed by atoms with E-state index in [1.165, 1.54) is 0 Å². The van der Waals surface area contributed by atoms with Crippen molar-refractivity contribution in [1.29, 1.82) is 5.26 Å². The first-order valence-electron chi connectivity index (χ1n) is 4.79. The average molecular weight is 201 g/mol. The molecule has 4 heteroatoms. The first-order chi connectivity index (χ1) is 7.16. The Bertz CT molecular complexity index is 598. The molecule has 1 aromatic carbocycles. The van der Waals surface area contributed by atoms with Gasteiger partial charge in [0, 0.05) is 6.04 Å². The highest BCUT2D eigenvalue weighted by molar-refractivity contribution is 5.76. The third-order valence-corrected chi connectivity index (χ3v) is 2.40. The lowest BCUT2D eigenvalue weighted by atomic mass is 10.3. The second kappa shape index (κ2) is 3.28. The van der Waals surface area contributed by atoms with Crippen molar-refractivity contribution < 1.29 is 0 Å². The summed E-state index contributed by atoms with van der Waals surface area (Å²) in [5.41, 5.74) is 1.20. The summed E-state index contributed by atoms with van der Waals surface area (Å²) >= 11 is 0. The Morgan fingerprint density at radius 2 is 1.87 bits per heavy atom. The minimum absolute atomic E-state index is 0.0528. The van der Waals surface area contributed by atoms with Crippen molar-refractivity contribution in [3.63, 3.8) is 0 Å². The third kappa shape index (κ3) is 1.24. The molecule has 0 atom stereocenters. The van der Waals surface area contributed by atoms with Gasteiger partial charge in [-0.1, -0.05) is 12.1 Å². The second-order valence-corrected chi connectivity index (χ2v) is 3.67. The van der Waals surface area contributed by atoms with Crippen molar-refractivity contribution >= 4 is 11.0 Å². The molecule has 2 rings (SSSR count). The maximum Gasteiger partial charge on any atom is 0.342 e. The number of benzene rings is 1. The highest BCUT2D eigenvalue weighted by Gasteiger charge is 2.13. The van der Waals surface area contributed by atoms with Crippen molar-refractivity contribution in [1.82, 2.24) is 9.13 Å². The van der Waals surface area contributed by atoms with Gasteiger partial charge in [0.2, 0.25) is 0 Å². The van der Waals surface area contributed by atoms with Crippen molar-refractivity contribution in [2.75, 3.05) is 0 Å². The van der Waals surface area contributed by atoms with Gasteiger partial charge in [0.05, 0.1) is 11.0 Å². The predicted octanol–water partition coefficient (Wildman–Crippen LogP) is 1.71. The van der Waals surface area contributed by atoms with E-state index < -0.39 is 0 Å². The maximum absolute atomic E-state index is 11.9. The molecule has 0 spiro atoms. The third-order valence-electron chi connectivity index (χ3n) is 2.40. The van der Waals surface area contributed by atoms with Crippen LogP contribution in [0.3, 0.4) is 0 Å². The van der Waals surface area contributed by atoms with E-state index in [9.17, 15) is 4.79 Å². The van der Waals surface area contributed by atoms with Gasteiger partial charge in [-0.05, 0) is 26.0 Å². The standard InChI is InChI=1S/C11H11N3O/c1-8(2)14-10-6-4-3-5-9(10)13(7-12)11(14)15/h3-6,8H,1-2H3. The van der Waals surface area contributed by atoms with E-state index in [4.69, 9.17) is 5.26 Å². The molecule has 0 aliphatic rings. The van der Waals surface area contributed by atoms with Gasteiger partial charge in [0.1, 0.15) is 0 Å². The molecular weight excluding hydrogens is 190 g/mol. The number of para-hydroxylation sites is 2. The number of hydrogen-bond acceptors (Lipinski definition) is 2. The predicted molar refractivity (Wildman–Crippen MR) is 57.6 cm³/mol. The smallest absolute Gasteiger partial charge is 0.289 e. The van der Waals surface area contributed by atoms with E-state index in [1.807, 2.05) is 38.2 Å². The van der Waals surface area contributed by atoms with E-state index in [0.717, 1.165) is 10.1 Å². The van der Waals surface area contributed by atoms with Gasteiger partial charge in [-0.25, -0.2) is 4.79 Å². The zero-order valence-electron chi connectivity index (χ0n) is 8.64. The largest absolute Gasteiger partial charge is 0.342 e. The molecule has 0 fully saturated rings. The molecule has 0 aliphatic carbocycles. The van der Waals surface area contributed by atoms with E-state index in [-0.39, 0.29) is 11.7 Å². The summed E-state index contributed by atoms with van der Waals surface area (Å²) in [5, 5.41) is 8.91. The van der Waals surface area contributed by atoms with E-state index >= 15 is 0 Å². The fraction of sp³-hybridized carbons (Fsp3) is 0.273. The second-order valence-electron chi connectivity index (χ2n) is 3.67. The molecular formula is C11H11N3O.